The van der Waals surface area contributed by atoms with E-state index in [-0.39, 0.29) is 6.10 Å². The summed E-state index contributed by atoms with van der Waals surface area (Å²) in [6, 6.07) is 5.33. The lowest BCUT2D eigenvalue weighted by Gasteiger charge is -2.27. The number of aliphatic hydroxyl groups excluding tert-OH is 1. The Kier molecular flexibility index (Phi) is 2.18. The molecule has 1 aliphatic heterocycles. The predicted octanol–water partition coefficient (Wildman–Crippen LogP) is 2.54. The first kappa shape index (κ1) is 8.85. The van der Waals surface area contributed by atoms with Crippen LogP contribution in [0.5, 0.6) is 5.75 Å². The third-order valence-electron chi connectivity index (χ3n) is 2.21. The first-order valence-corrected chi connectivity index (χ1v) is 4.69. The number of aliphatic hydroxyl groups is 1. The van der Waals surface area contributed by atoms with Crippen molar-refractivity contribution in [3.05, 3.63) is 28.8 Å². The molecule has 2 nitrogen and oxygen atoms in total. The van der Waals surface area contributed by atoms with E-state index in [4.69, 9.17) is 16.3 Å². The van der Waals surface area contributed by atoms with Gasteiger partial charge < -0.3 is 9.84 Å². The van der Waals surface area contributed by atoms with Crippen molar-refractivity contribution in [2.24, 2.45) is 0 Å². The van der Waals surface area contributed by atoms with Crippen LogP contribution in [0.1, 0.15) is 25.0 Å². The van der Waals surface area contributed by atoms with Gasteiger partial charge in [0.15, 0.2) is 0 Å². The van der Waals surface area contributed by atoms with Crippen molar-refractivity contribution < 1.29 is 9.84 Å². The maximum Gasteiger partial charge on any atom is 0.125 e. The number of fused-ring (bicyclic) bond motifs is 1. The molecule has 0 spiro atoms. The Morgan fingerprint density at radius 1 is 1.54 bits per heavy atom. The summed E-state index contributed by atoms with van der Waals surface area (Å²) in [5.74, 6) is 0.746. The Balaban J connectivity index is 2.43. The number of halogens is 1. The van der Waals surface area contributed by atoms with Gasteiger partial charge in [-0.3, -0.25) is 0 Å². The second-order valence-electron chi connectivity index (χ2n) is 3.36. The second kappa shape index (κ2) is 3.20. The fraction of sp³-hybridized carbons (Fsp3) is 0.400. The molecule has 0 radical (unpaired) electrons. The molecule has 0 aromatic heterocycles. The summed E-state index contributed by atoms with van der Waals surface area (Å²) in [5.41, 5.74) is 0.797. The van der Waals surface area contributed by atoms with Crippen LogP contribution in [0.25, 0.3) is 0 Å². The van der Waals surface area contributed by atoms with E-state index in [1.54, 1.807) is 18.2 Å². The van der Waals surface area contributed by atoms with Gasteiger partial charge >= 0.3 is 0 Å². The Hall–Kier alpha value is -0.730. The number of hydrogen-bond acceptors (Lipinski definition) is 2. The van der Waals surface area contributed by atoms with Gasteiger partial charge in [0.25, 0.3) is 0 Å². The average Bonchev–Trinajstić information content (AvgIpc) is 2.06. The minimum absolute atomic E-state index is 0.0728. The highest BCUT2D eigenvalue weighted by Crippen LogP contribution is 2.35. The lowest BCUT2D eigenvalue weighted by atomic mass is 10.00. The summed E-state index contributed by atoms with van der Waals surface area (Å²) in [4.78, 5) is 0. The van der Waals surface area contributed by atoms with Crippen LogP contribution in [0, 0.1) is 0 Å². The van der Waals surface area contributed by atoms with Crippen LogP contribution in [-0.4, -0.2) is 11.2 Å². The van der Waals surface area contributed by atoms with E-state index < -0.39 is 6.10 Å². The summed E-state index contributed by atoms with van der Waals surface area (Å²) < 4.78 is 5.54. The van der Waals surface area contributed by atoms with Crippen molar-refractivity contribution in [1.82, 2.24) is 0 Å². The normalized spacial score (nSPS) is 26.4. The molecule has 70 valence electrons. The molecule has 1 heterocycles. The fourth-order valence-electron chi connectivity index (χ4n) is 1.59. The predicted molar refractivity (Wildman–Crippen MR) is 51.1 cm³/mol. The van der Waals surface area contributed by atoms with Crippen LogP contribution in [0.3, 0.4) is 0 Å². The summed E-state index contributed by atoms with van der Waals surface area (Å²) in [6.07, 6.45) is 0.258. The van der Waals surface area contributed by atoms with E-state index in [0.29, 0.717) is 11.4 Å². The molecule has 2 atom stereocenters. The largest absolute Gasteiger partial charge is 0.490 e. The SMILES string of the molecule is CC1C[C@@H](O)c2cc(Cl)ccc2O1. The van der Waals surface area contributed by atoms with Gasteiger partial charge in [-0.25, -0.2) is 0 Å². The number of ether oxygens (including phenoxy) is 1. The van der Waals surface area contributed by atoms with Crippen molar-refractivity contribution in [3.8, 4) is 5.75 Å². The van der Waals surface area contributed by atoms with E-state index in [0.717, 1.165) is 11.3 Å². The Labute approximate surface area is 82.1 Å². The van der Waals surface area contributed by atoms with Crippen molar-refractivity contribution in [1.29, 1.82) is 0 Å². The molecule has 3 heteroatoms. The topological polar surface area (TPSA) is 29.5 Å². The maximum atomic E-state index is 9.72. The average molecular weight is 199 g/mol. The van der Waals surface area contributed by atoms with E-state index in [1.807, 2.05) is 6.92 Å². The smallest absolute Gasteiger partial charge is 0.125 e. The van der Waals surface area contributed by atoms with Crippen molar-refractivity contribution in [3.63, 3.8) is 0 Å². The van der Waals surface area contributed by atoms with Gasteiger partial charge in [0.1, 0.15) is 5.75 Å². The summed E-state index contributed by atoms with van der Waals surface area (Å²) in [6.45, 7) is 1.95. The van der Waals surface area contributed by atoms with Gasteiger partial charge in [-0.2, -0.15) is 0 Å². The van der Waals surface area contributed by atoms with Crippen LogP contribution >= 0.6 is 11.6 Å². The molecule has 0 fully saturated rings. The molecule has 1 unspecified atom stereocenters. The van der Waals surface area contributed by atoms with Gasteiger partial charge in [0.2, 0.25) is 0 Å². The summed E-state index contributed by atoms with van der Waals surface area (Å²) in [7, 11) is 0. The molecule has 0 bridgehead atoms. The zero-order valence-electron chi connectivity index (χ0n) is 7.33. The Morgan fingerprint density at radius 2 is 2.31 bits per heavy atom. The Bertz CT molecular complexity index is 325. The first-order chi connectivity index (χ1) is 6.16. The number of benzene rings is 1. The third kappa shape index (κ3) is 1.64. The van der Waals surface area contributed by atoms with E-state index >= 15 is 0 Å². The molecule has 1 aliphatic rings. The van der Waals surface area contributed by atoms with Crippen molar-refractivity contribution >= 4 is 11.6 Å². The minimum Gasteiger partial charge on any atom is -0.490 e. The van der Waals surface area contributed by atoms with Crippen molar-refractivity contribution in [2.45, 2.75) is 25.6 Å². The zero-order valence-corrected chi connectivity index (χ0v) is 8.08. The zero-order chi connectivity index (χ0) is 9.42. The Morgan fingerprint density at radius 3 is 3.08 bits per heavy atom. The van der Waals surface area contributed by atoms with Gasteiger partial charge in [-0.05, 0) is 25.1 Å². The van der Waals surface area contributed by atoms with E-state index in [9.17, 15) is 5.11 Å². The lowest BCUT2D eigenvalue weighted by Crippen LogP contribution is -2.22. The minimum atomic E-state index is -0.447. The van der Waals surface area contributed by atoms with Gasteiger partial charge in [0, 0.05) is 17.0 Å². The van der Waals surface area contributed by atoms with Gasteiger partial charge in [-0.1, -0.05) is 11.6 Å². The van der Waals surface area contributed by atoms with Gasteiger partial charge in [0.05, 0.1) is 12.2 Å². The highest BCUT2D eigenvalue weighted by molar-refractivity contribution is 6.30. The molecule has 1 N–H and O–H groups in total. The fourth-order valence-corrected chi connectivity index (χ4v) is 1.77. The van der Waals surface area contributed by atoms with Crippen LogP contribution < -0.4 is 4.74 Å². The number of hydrogen-bond donors (Lipinski definition) is 1. The van der Waals surface area contributed by atoms with Gasteiger partial charge in [-0.15, -0.1) is 0 Å². The molecule has 1 aromatic rings. The molecular weight excluding hydrogens is 188 g/mol. The van der Waals surface area contributed by atoms with Crippen LogP contribution in [0.2, 0.25) is 5.02 Å². The monoisotopic (exact) mass is 198 g/mol. The molecule has 1 aromatic carbocycles. The molecule has 0 aliphatic carbocycles. The van der Waals surface area contributed by atoms with Crippen LogP contribution in [0.4, 0.5) is 0 Å². The lowest BCUT2D eigenvalue weighted by molar-refractivity contribution is 0.0749. The first-order valence-electron chi connectivity index (χ1n) is 4.31. The maximum absolute atomic E-state index is 9.72. The standard InChI is InChI=1S/C10H11ClO2/c1-6-4-9(12)8-5-7(11)2-3-10(8)13-6/h2-3,5-6,9,12H,4H2,1H3/t6?,9-/m1/s1. The third-order valence-corrected chi connectivity index (χ3v) is 2.45. The number of rotatable bonds is 0. The summed E-state index contributed by atoms with van der Waals surface area (Å²) in [5, 5.41) is 10.4. The molecule has 2 rings (SSSR count). The highest BCUT2D eigenvalue weighted by atomic mass is 35.5. The second-order valence-corrected chi connectivity index (χ2v) is 3.80. The molecule has 0 saturated heterocycles. The van der Waals surface area contributed by atoms with Crippen LogP contribution in [-0.2, 0) is 0 Å². The van der Waals surface area contributed by atoms with E-state index in [2.05, 4.69) is 0 Å². The highest BCUT2D eigenvalue weighted by Gasteiger charge is 2.23. The quantitative estimate of drug-likeness (QED) is 0.694. The molecule has 0 amide bonds. The van der Waals surface area contributed by atoms with Crippen LogP contribution in [0.15, 0.2) is 18.2 Å². The van der Waals surface area contributed by atoms with Crippen molar-refractivity contribution in [2.75, 3.05) is 0 Å². The molecule has 0 saturated carbocycles. The summed E-state index contributed by atoms with van der Waals surface area (Å²) >= 11 is 5.81. The molecule has 13 heavy (non-hydrogen) atoms. The molecular formula is C10H11ClO2. The van der Waals surface area contributed by atoms with E-state index in [1.165, 1.54) is 0 Å².